The van der Waals surface area contributed by atoms with E-state index in [9.17, 15) is 0 Å². The van der Waals surface area contributed by atoms with Crippen molar-refractivity contribution < 1.29 is 9.47 Å². The molecule has 2 rings (SSSR count). The molecule has 0 aliphatic carbocycles. The summed E-state index contributed by atoms with van der Waals surface area (Å²) in [6.45, 7) is 5.17. The van der Waals surface area contributed by atoms with Gasteiger partial charge in [-0.2, -0.15) is 0 Å². The molecule has 2 heterocycles. The lowest BCUT2D eigenvalue weighted by molar-refractivity contribution is 0.0320. The molecule has 1 aromatic heterocycles. The standard InChI is InChI=1S/C11H17N3O2/c12-10-1-2-11(13-9-10)16-8-5-14-3-6-15-7-4-14/h1-2,9H,3-8,12H2. The zero-order chi connectivity index (χ0) is 11.2. The van der Waals surface area contributed by atoms with E-state index in [1.165, 1.54) is 0 Å². The highest BCUT2D eigenvalue weighted by atomic mass is 16.5. The van der Waals surface area contributed by atoms with E-state index in [1.54, 1.807) is 18.3 Å². The maximum Gasteiger partial charge on any atom is 0.213 e. The van der Waals surface area contributed by atoms with Gasteiger partial charge in [0.1, 0.15) is 6.61 Å². The average molecular weight is 223 g/mol. The molecule has 0 bridgehead atoms. The van der Waals surface area contributed by atoms with Crippen LogP contribution < -0.4 is 10.5 Å². The summed E-state index contributed by atoms with van der Waals surface area (Å²) < 4.78 is 10.8. The number of aromatic nitrogens is 1. The quantitative estimate of drug-likeness (QED) is 0.799. The van der Waals surface area contributed by atoms with Gasteiger partial charge in [-0.05, 0) is 6.07 Å². The summed E-state index contributed by atoms with van der Waals surface area (Å²) in [6.07, 6.45) is 1.60. The number of pyridine rings is 1. The van der Waals surface area contributed by atoms with Gasteiger partial charge >= 0.3 is 0 Å². The lowest BCUT2D eigenvalue weighted by Crippen LogP contribution is -2.38. The molecule has 2 N–H and O–H groups in total. The van der Waals surface area contributed by atoms with Crippen molar-refractivity contribution in [2.24, 2.45) is 0 Å². The molecule has 0 unspecified atom stereocenters. The average Bonchev–Trinajstić information content (AvgIpc) is 2.33. The molecule has 1 aliphatic heterocycles. The monoisotopic (exact) mass is 223 g/mol. The molecule has 1 saturated heterocycles. The third-order valence-corrected chi connectivity index (χ3v) is 2.52. The molecule has 1 aliphatic rings. The van der Waals surface area contributed by atoms with Crippen molar-refractivity contribution in [3.63, 3.8) is 0 Å². The normalized spacial score (nSPS) is 17.2. The zero-order valence-corrected chi connectivity index (χ0v) is 9.26. The lowest BCUT2D eigenvalue weighted by atomic mass is 10.4. The first kappa shape index (κ1) is 11.2. The van der Waals surface area contributed by atoms with E-state index in [-0.39, 0.29) is 0 Å². The van der Waals surface area contributed by atoms with Gasteiger partial charge in [-0.1, -0.05) is 0 Å². The first-order valence-electron chi connectivity index (χ1n) is 5.49. The van der Waals surface area contributed by atoms with Crippen LogP contribution in [-0.2, 0) is 4.74 Å². The van der Waals surface area contributed by atoms with Crippen molar-refractivity contribution in [2.75, 3.05) is 45.2 Å². The molecule has 16 heavy (non-hydrogen) atoms. The topological polar surface area (TPSA) is 60.6 Å². The van der Waals surface area contributed by atoms with Crippen LogP contribution in [0.25, 0.3) is 0 Å². The van der Waals surface area contributed by atoms with Crippen LogP contribution in [0.1, 0.15) is 0 Å². The number of hydrogen-bond donors (Lipinski definition) is 1. The Morgan fingerprint density at radius 2 is 2.19 bits per heavy atom. The molecular weight excluding hydrogens is 206 g/mol. The number of hydrogen-bond acceptors (Lipinski definition) is 5. The fourth-order valence-electron chi connectivity index (χ4n) is 1.58. The molecule has 5 heteroatoms. The van der Waals surface area contributed by atoms with E-state index in [0.29, 0.717) is 18.2 Å². The molecule has 1 fully saturated rings. The Morgan fingerprint density at radius 3 is 2.88 bits per heavy atom. The Labute approximate surface area is 95.2 Å². The predicted octanol–water partition coefficient (Wildman–Crippen LogP) is 0.375. The highest BCUT2D eigenvalue weighted by Gasteiger charge is 2.09. The van der Waals surface area contributed by atoms with Gasteiger partial charge in [0.25, 0.3) is 0 Å². The zero-order valence-electron chi connectivity index (χ0n) is 9.26. The number of rotatable bonds is 4. The molecule has 0 aromatic carbocycles. The number of nitrogen functional groups attached to an aromatic ring is 1. The van der Waals surface area contributed by atoms with Crippen LogP contribution >= 0.6 is 0 Å². The maximum absolute atomic E-state index is 5.53. The van der Waals surface area contributed by atoms with Crippen LogP contribution in [0, 0.1) is 0 Å². The van der Waals surface area contributed by atoms with Gasteiger partial charge in [-0.3, -0.25) is 4.90 Å². The number of nitrogens with two attached hydrogens (primary N) is 1. The molecule has 0 amide bonds. The van der Waals surface area contributed by atoms with Gasteiger partial charge in [0.2, 0.25) is 5.88 Å². The molecule has 0 saturated carbocycles. The van der Waals surface area contributed by atoms with Crippen molar-refractivity contribution in [2.45, 2.75) is 0 Å². The summed E-state index contributed by atoms with van der Waals surface area (Å²) >= 11 is 0. The van der Waals surface area contributed by atoms with Crippen LogP contribution in [0.15, 0.2) is 18.3 Å². The van der Waals surface area contributed by atoms with Crippen LogP contribution in [-0.4, -0.2) is 49.3 Å². The van der Waals surface area contributed by atoms with Gasteiger partial charge in [0.15, 0.2) is 0 Å². The molecule has 1 aromatic rings. The van der Waals surface area contributed by atoms with Gasteiger partial charge in [-0.15, -0.1) is 0 Å². The summed E-state index contributed by atoms with van der Waals surface area (Å²) in [7, 11) is 0. The molecule has 0 atom stereocenters. The summed E-state index contributed by atoms with van der Waals surface area (Å²) in [5.74, 6) is 0.627. The molecule has 5 nitrogen and oxygen atoms in total. The smallest absolute Gasteiger partial charge is 0.213 e. The van der Waals surface area contributed by atoms with Gasteiger partial charge < -0.3 is 15.2 Å². The molecular formula is C11H17N3O2. The van der Waals surface area contributed by atoms with E-state index >= 15 is 0 Å². The maximum atomic E-state index is 5.53. The van der Waals surface area contributed by atoms with Crippen molar-refractivity contribution in [3.05, 3.63) is 18.3 Å². The SMILES string of the molecule is Nc1ccc(OCCN2CCOCC2)nc1. The third-order valence-electron chi connectivity index (χ3n) is 2.52. The second kappa shape index (κ2) is 5.67. The first-order valence-corrected chi connectivity index (χ1v) is 5.49. The highest BCUT2D eigenvalue weighted by molar-refractivity contribution is 5.35. The Morgan fingerprint density at radius 1 is 1.38 bits per heavy atom. The predicted molar refractivity (Wildman–Crippen MR) is 61.4 cm³/mol. The van der Waals surface area contributed by atoms with Crippen molar-refractivity contribution >= 4 is 5.69 Å². The number of morpholine rings is 1. The van der Waals surface area contributed by atoms with Crippen LogP contribution in [0.5, 0.6) is 5.88 Å². The van der Waals surface area contributed by atoms with Crippen molar-refractivity contribution in [1.29, 1.82) is 0 Å². The van der Waals surface area contributed by atoms with Crippen LogP contribution in [0.2, 0.25) is 0 Å². The fraction of sp³-hybridized carbons (Fsp3) is 0.545. The lowest BCUT2D eigenvalue weighted by Gasteiger charge is -2.26. The fourth-order valence-corrected chi connectivity index (χ4v) is 1.58. The van der Waals surface area contributed by atoms with E-state index in [2.05, 4.69) is 9.88 Å². The minimum Gasteiger partial charge on any atom is -0.476 e. The molecule has 0 spiro atoms. The first-order chi connectivity index (χ1) is 7.84. The van der Waals surface area contributed by atoms with E-state index in [1.807, 2.05) is 0 Å². The summed E-state index contributed by atoms with van der Waals surface area (Å²) in [6, 6.07) is 3.58. The highest BCUT2D eigenvalue weighted by Crippen LogP contribution is 2.08. The summed E-state index contributed by atoms with van der Waals surface area (Å²) in [5, 5.41) is 0. The number of anilines is 1. The minimum atomic E-state index is 0.627. The second-order valence-corrected chi connectivity index (χ2v) is 3.73. The number of nitrogens with zero attached hydrogens (tertiary/aromatic N) is 2. The third kappa shape index (κ3) is 3.36. The van der Waals surface area contributed by atoms with Crippen molar-refractivity contribution in [1.82, 2.24) is 9.88 Å². The Bertz CT molecular complexity index is 310. The minimum absolute atomic E-state index is 0.627. The van der Waals surface area contributed by atoms with E-state index < -0.39 is 0 Å². The molecule has 88 valence electrons. The number of ether oxygens (including phenoxy) is 2. The van der Waals surface area contributed by atoms with E-state index in [0.717, 1.165) is 32.8 Å². The Kier molecular flexibility index (Phi) is 3.96. The van der Waals surface area contributed by atoms with Crippen molar-refractivity contribution in [3.8, 4) is 5.88 Å². The second-order valence-electron chi connectivity index (χ2n) is 3.73. The van der Waals surface area contributed by atoms with Crippen LogP contribution in [0.3, 0.4) is 0 Å². The van der Waals surface area contributed by atoms with E-state index in [4.69, 9.17) is 15.2 Å². The largest absolute Gasteiger partial charge is 0.476 e. The Balaban J connectivity index is 1.69. The van der Waals surface area contributed by atoms with Gasteiger partial charge in [-0.25, -0.2) is 4.98 Å². The van der Waals surface area contributed by atoms with Crippen LogP contribution in [0.4, 0.5) is 5.69 Å². The van der Waals surface area contributed by atoms with Gasteiger partial charge in [0, 0.05) is 25.7 Å². The Hall–Kier alpha value is -1.33. The summed E-state index contributed by atoms with van der Waals surface area (Å²) in [4.78, 5) is 6.39. The summed E-state index contributed by atoms with van der Waals surface area (Å²) in [5.41, 5.74) is 6.19. The molecule has 0 radical (unpaired) electrons. The van der Waals surface area contributed by atoms with Gasteiger partial charge in [0.05, 0.1) is 25.1 Å².